The summed E-state index contributed by atoms with van der Waals surface area (Å²) in [4.78, 5) is 39.7. The smallest absolute Gasteiger partial charge is 0.550 e. The first-order valence-electron chi connectivity index (χ1n) is 13.1. The summed E-state index contributed by atoms with van der Waals surface area (Å²) in [6.07, 6.45) is -1.15. The van der Waals surface area contributed by atoms with Crippen LogP contribution in [0.15, 0.2) is 59.0 Å². The van der Waals surface area contributed by atoms with Crippen molar-refractivity contribution in [3.63, 3.8) is 0 Å². The number of Topliss-reactive ketones (excluding diaryl/α,β-unsaturated/α-hetero) is 2. The molecule has 1 fully saturated rings. The molecule has 4 rings (SSSR count). The van der Waals surface area contributed by atoms with E-state index in [2.05, 4.69) is 4.98 Å². The predicted octanol–water partition coefficient (Wildman–Crippen LogP) is 2.94. The van der Waals surface area contributed by atoms with Crippen LogP contribution in [0.2, 0.25) is 0 Å². The van der Waals surface area contributed by atoms with E-state index >= 15 is 0 Å². The predicted molar refractivity (Wildman–Crippen MR) is 135 cm³/mol. The number of ketones is 2. The van der Waals surface area contributed by atoms with E-state index < -0.39 is 29.4 Å². The number of nitrogens with zero attached hydrogens (tertiary/aromatic N) is 1. The van der Waals surface area contributed by atoms with Gasteiger partial charge in [0.15, 0.2) is 11.5 Å². The molecule has 0 N–H and O–H groups in total. The molecule has 2 aromatic carbocycles. The topological polar surface area (TPSA) is 100 Å². The summed E-state index contributed by atoms with van der Waals surface area (Å²) in [6.45, 7) is 0. The zero-order chi connectivity index (χ0) is 28.0. The molecule has 1 saturated carbocycles. The van der Waals surface area contributed by atoms with Gasteiger partial charge in [0.2, 0.25) is 11.7 Å². The average Bonchev–Trinajstić information content (AvgIpc) is 3.37. The molecule has 0 amide bonds. The number of aromatic nitrogens is 1. The summed E-state index contributed by atoms with van der Waals surface area (Å²) in [7, 11) is 0. The second kappa shape index (κ2) is 14.2. The third-order valence-corrected chi connectivity index (χ3v) is 7.18. The minimum Gasteiger partial charge on any atom is -0.550 e. The van der Waals surface area contributed by atoms with Crippen LogP contribution in [0.4, 0.5) is 13.2 Å². The number of hydrogen-bond acceptors (Lipinski definition) is 6. The van der Waals surface area contributed by atoms with Crippen molar-refractivity contribution in [2.24, 2.45) is 5.92 Å². The second-order valence-electron chi connectivity index (χ2n) is 10.1. The van der Waals surface area contributed by atoms with Crippen LogP contribution in [0.3, 0.4) is 0 Å². The molecular formula is C30H29F3NNaO5. The normalized spacial score (nSPS) is 17.2. The molecule has 0 saturated heterocycles. The molecule has 0 radical (unpaired) electrons. The van der Waals surface area contributed by atoms with Crippen molar-refractivity contribution in [2.45, 2.75) is 69.9 Å². The zero-order valence-electron chi connectivity index (χ0n) is 22.3. The summed E-state index contributed by atoms with van der Waals surface area (Å²) in [5, 5.41) is 10.8. The number of carbonyl (C=O) groups is 3. The van der Waals surface area contributed by atoms with E-state index in [-0.39, 0.29) is 79.3 Å². The van der Waals surface area contributed by atoms with Crippen molar-refractivity contribution in [1.82, 2.24) is 4.98 Å². The van der Waals surface area contributed by atoms with Crippen LogP contribution >= 0.6 is 0 Å². The maximum Gasteiger partial charge on any atom is 1.00 e. The first-order valence-corrected chi connectivity index (χ1v) is 13.1. The summed E-state index contributed by atoms with van der Waals surface area (Å²) >= 11 is 0. The largest absolute Gasteiger partial charge is 1.00 e. The molecule has 10 heteroatoms. The van der Waals surface area contributed by atoms with Crippen LogP contribution in [0.1, 0.15) is 84.7 Å². The van der Waals surface area contributed by atoms with Crippen LogP contribution in [0.25, 0.3) is 11.5 Å². The monoisotopic (exact) mass is 563 g/mol. The van der Waals surface area contributed by atoms with E-state index in [1.807, 2.05) is 24.3 Å². The summed E-state index contributed by atoms with van der Waals surface area (Å²) in [5.74, 6) is -3.11. The Kier molecular flexibility index (Phi) is 11.3. The molecule has 1 heterocycles. The van der Waals surface area contributed by atoms with Gasteiger partial charge in [0, 0.05) is 30.8 Å². The number of aliphatic carboxylic acids is 1. The molecule has 0 unspecified atom stereocenters. The molecule has 206 valence electrons. The Morgan fingerprint density at radius 1 is 0.925 bits per heavy atom. The quantitative estimate of drug-likeness (QED) is 0.263. The fraction of sp³-hybridized carbons (Fsp3) is 0.400. The van der Waals surface area contributed by atoms with E-state index in [1.165, 1.54) is 12.1 Å². The van der Waals surface area contributed by atoms with Gasteiger partial charge in [-0.2, -0.15) is 13.2 Å². The van der Waals surface area contributed by atoms with Gasteiger partial charge < -0.3 is 14.3 Å². The first kappa shape index (κ1) is 31.8. The van der Waals surface area contributed by atoms with Gasteiger partial charge in [-0.15, -0.1) is 0 Å². The van der Waals surface area contributed by atoms with Crippen molar-refractivity contribution in [2.75, 3.05) is 0 Å². The Morgan fingerprint density at radius 2 is 1.57 bits per heavy atom. The number of halogens is 3. The second-order valence-corrected chi connectivity index (χ2v) is 10.1. The molecule has 0 bridgehead atoms. The average molecular weight is 564 g/mol. The number of hydrogen-bond donors (Lipinski definition) is 0. The Bertz CT molecular complexity index is 1300. The molecule has 1 aromatic heterocycles. The number of alkyl halides is 3. The number of benzene rings is 2. The third kappa shape index (κ3) is 8.62. The minimum absolute atomic E-state index is 0. The molecule has 6 nitrogen and oxygen atoms in total. The van der Waals surface area contributed by atoms with Crippen molar-refractivity contribution >= 4 is 17.5 Å². The molecule has 0 atom stereocenters. The summed E-state index contributed by atoms with van der Waals surface area (Å²) in [5.41, 5.74) is 1.54. The summed E-state index contributed by atoms with van der Waals surface area (Å²) in [6, 6.07) is 15.8. The van der Waals surface area contributed by atoms with Gasteiger partial charge in [-0.05, 0) is 73.6 Å². The fourth-order valence-corrected chi connectivity index (χ4v) is 5.13. The number of carbonyl (C=O) groups excluding carboxylic acids is 3. The Balaban J connectivity index is 0.00000441. The molecule has 40 heavy (non-hydrogen) atoms. The van der Waals surface area contributed by atoms with Crippen LogP contribution in [-0.4, -0.2) is 22.5 Å². The van der Waals surface area contributed by atoms with Gasteiger partial charge >= 0.3 is 35.7 Å². The van der Waals surface area contributed by atoms with Gasteiger partial charge in [-0.1, -0.05) is 42.5 Å². The van der Waals surface area contributed by atoms with Crippen molar-refractivity contribution < 1.29 is 66.6 Å². The van der Waals surface area contributed by atoms with E-state index in [0.29, 0.717) is 11.5 Å². The number of oxazole rings is 1. The first-order chi connectivity index (χ1) is 18.6. The molecular weight excluding hydrogens is 534 g/mol. The maximum atomic E-state index is 13.5. The number of carboxylic acids is 1. The van der Waals surface area contributed by atoms with Crippen LogP contribution < -0.4 is 34.7 Å². The Labute approximate surface area is 252 Å². The van der Waals surface area contributed by atoms with Gasteiger partial charge in [0.05, 0.1) is 0 Å². The molecule has 1 aliphatic rings. The van der Waals surface area contributed by atoms with Crippen molar-refractivity contribution in [3.05, 3.63) is 77.2 Å². The fourth-order valence-electron chi connectivity index (χ4n) is 5.13. The van der Waals surface area contributed by atoms with Gasteiger partial charge in [-0.3, -0.25) is 9.59 Å². The van der Waals surface area contributed by atoms with Crippen LogP contribution in [0.5, 0.6) is 0 Å². The van der Waals surface area contributed by atoms with Crippen LogP contribution in [-0.2, 0) is 22.2 Å². The maximum absolute atomic E-state index is 13.5. The van der Waals surface area contributed by atoms with E-state index in [1.54, 1.807) is 18.2 Å². The van der Waals surface area contributed by atoms with Gasteiger partial charge in [0.1, 0.15) is 5.78 Å². The summed E-state index contributed by atoms with van der Waals surface area (Å²) < 4.78 is 45.3. The van der Waals surface area contributed by atoms with Crippen molar-refractivity contribution in [3.8, 4) is 11.5 Å². The van der Waals surface area contributed by atoms with Crippen molar-refractivity contribution in [1.29, 1.82) is 0 Å². The number of rotatable bonds is 11. The van der Waals surface area contributed by atoms with Crippen LogP contribution in [0, 0.1) is 5.92 Å². The molecule has 0 spiro atoms. The Morgan fingerprint density at radius 3 is 2.17 bits per heavy atom. The molecule has 3 aromatic rings. The standard InChI is InChI=1S/C30H30F3NO5.Na/c31-30(32,33)28-27(34-29(39-28)23-5-2-1-3-6-23)25(36)8-4-7-24(35)17-19-9-13-21(14-10-19)22-15-11-20(12-16-22)18-26(37)38;/h1-3,5-6,9-10,13-14,20,22H,4,7-8,11-12,15-18H2,(H,37,38);/q;+1/p-1. The van der Waals surface area contributed by atoms with E-state index in [0.717, 1.165) is 36.8 Å². The van der Waals surface area contributed by atoms with Gasteiger partial charge in [0.25, 0.3) is 0 Å². The zero-order valence-corrected chi connectivity index (χ0v) is 24.3. The third-order valence-electron chi connectivity index (χ3n) is 7.18. The Hall–Kier alpha value is -2.75. The molecule has 0 aliphatic heterocycles. The van der Waals surface area contributed by atoms with Gasteiger partial charge in [-0.25, -0.2) is 4.98 Å². The molecule has 1 aliphatic carbocycles. The number of carboxylic acid groups (broad SMARTS) is 1. The van der Waals surface area contributed by atoms with E-state index in [4.69, 9.17) is 4.42 Å². The van der Waals surface area contributed by atoms with E-state index in [9.17, 15) is 32.7 Å². The minimum atomic E-state index is -4.87. The SMILES string of the molecule is O=C([O-])CC1CCC(c2ccc(CC(=O)CCCC(=O)c3nc(-c4ccccc4)oc3C(F)(F)F)cc2)CC1.[Na+].